The van der Waals surface area contributed by atoms with Gasteiger partial charge in [0.05, 0.1) is 19.8 Å². The monoisotopic (exact) mass is 433 g/mol. The summed E-state index contributed by atoms with van der Waals surface area (Å²) in [5, 5.41) is 6.65. The number of hydrogen-bond acceptors (Lipinski definition) is 3. The number of methoxy groups -OCH3 is 1. The molecule has 0 radical (unpaired) electrons. The quantitative estimate of drug-likeness (QED) is 0.395. The number of para-hydroxylation sites is 1. The molecular weight excluding hydrogens is 405 g/mol. The van der Waals surface area contributed by atoms with Gasteiger partial charge in [-0.15, -0.1) is 24.0 Å². The first-order chi connectivity index (χ1) is 10.8. The number of nitrogens with one attached hydrogen (secondary N) is 2. The highest BCUT2D eigenvalue weighted by atomic mass is 127. The van der Waals surface area contributed by atoms with Crippen molar-refractivity contribution in [1.82, 2.24) is 10.6 Å². The molecule has 0 bridgehead atoms. The fourth-order valence-corrected chi connectivity index (χ4v) is 2.55. The molecule has 0 amide bonds. The van der Waals surface area contributed by atoms with Crippen LogP contribution in [0.1, 0.15) is 25.3 Å². The molecule has 1 aromatic rings. The van der Waals surface area contributed by atoms with Crippen LogP contribution in [0.4, 0.5) is 0 Å². The maximum Gasteiger partial charge on any atom is 0.191 e. The van der Waals surface area contributed by atoms with Gasteiger partial charge in [-0.1, -0.05) is 18.2 Å². The number of hydrogen-bond donors (Lipinski definition) is 2. The molecule has 0 aliphatic carbocycles. The first-order valence-electron chi connectivity index (χ1n) is 8.09. The van der Waals surface area contributed by atoms with Gasteiger partial charge >= 0.3 is 0 Å². The summed E-state index contributed by atoms with van der Waals surface area (Å²) in [6, 6.07) is 8.11. The van der Waals surface area contributed by atoms with Crippen molar-refractivity contribution in [2.24, 2.45) is 4.99 Å². The fraction of sp³-hybridized carbons (Fsp3) is 0.588. The van der Waals surface area contributed by atoms with E-state index in [2.05, 4.69) is 28.6 Å². The second-order valence-electron chi connectivity index (χ2n) is 5.34. The van der Waals surface area contributed by atoms with Gasteiger partial charge in [0.15, 0.2) is 5.96 Å². The molecule has 1 saturated heterocycles. The third-order valence-electron chi connectivity index (χ3n) is 3.70. The Hall–Kier alpha value is -1.02. The average molecular weight is 433 g/mol. The molecule has 6 heteroatoms. The first kappa shape index (κ1) is 20.0. The lowest BCUT2D eigenvalue weighted by atomic mass is 10.1. The summed E-state index contributed by atoms with van der Waals surface area (Å²) >= 11 is 0. The van der Waals surface area contributed by atoms with E-state index in [0.717, 1.165) is 57.2 Å². The van der Waals surface area contributed by atoms with Gasteiger partial charge in [-0.05, 0) is 37.8 Å². The van der Waals surface area contributed by atoms with E-state index < -0.39 is 0 Å². The summed E-state index contributed by atoms with van der Waals surface area (Å²) in [6.45, 7) is 5.34. The van der Waals surface area contributed by atoms with Gasteiger partial charge < -0.3 is 20.1 Å². The summed E-state index contributed by atoms with van der Waals surface area (Å²) < 4.78 is 11.0. The zero-order chi connectivity index (χ0) is 15.6. The molecule has 2 rings (SSSR count). The van der Waals surface area contributed by atoms with Crippen LogP contribution in [0.15, 0.2) is 29.3 Å². The minimum absolute atomic E-state index is 0. The zero-order valence-corrected chi connectivity index (χ0v) is 16.3. The van der Waals surface area contributed by atoms with Gasteiger partial charge in [0.1, 0.15) is 5.75 Å². The molecule has 2 N–H and O–H groups in total. The summed E-state index contributed by atoms with van der Waals surface area (Å²) in [6.07, 6.45) is 3.45. The highest BCUT2D eigenvalue weighted by Gasteiger charge is 2.14. The molecule has 1 aliphatic rings. The summed E-state index contributed by atoms with van der Waals surface area (Å²) in [5.41, 5.74) is 1.20. The third-order valence-corrected chi connectivity index (χ3v) is 3.70. The topological polar surface area (TPSA) is 54.9 Å². The normalized spacial score (nSPS) is 17.5. The zero-order valence-electron chi connectivity index (χ0n) is 14.0. The highest BCUT2D eigenvalue weighted by molar-refractivity contribution is 14.0. The van der Waals surface area contributed by atoms with E-state index in [1.165, 1.54) is 5.56 Å². The number of guanidine groups is 1. The van der Waals surface area contributed by atoms with E-state index in [9.17, 15) is 0 Å². The molecule has 23 heavy (non-hydrogen) atoms. The molecular formula is C17H28IN3O2. The number of halogens is 1. The molecule has 0 spiro atoms. The van der Waals surface area contributed by atoms with Gasteiger partial charge in [-0.25, -0.2) is 0 Å². The molecule has 0 saturated carbocycles. The largest absolute Gasteiger partial charge is 0.496 e. The lowest BCUT2D eigenvalue weighted by Crippen LogP contribution is -2.39. The molecule has 5 nitrogen and oxygen atoms in total. The molecule has 1 aliphatic heterocycles. The second kappa shape index (κ2) is 11.5. The van der Waals surface area contributed by atoms with Crippen LogP contribution < -0.4 is 15.4 Å². The predicted octanol–water partition coefficient (Wildman–Crippen LogP) is 2.59. The highest BCUT2D eigenvalue weighted by Crippen LogP contribution is 2.17. The van der Waals surface area contributed by atoms with Crippen LogP contribution >= 0.6 is 24.0 Å². The van der Waals surface area contributed by atoms with E-state index in [-0.39, 0.29) is 30.1 Å². The van der Waals surface area contributed by atoms with Gasteiger partial charge in [0.2, 0.25) is 0 Å². The van der Waals surface area contributed by atoms with E-state index in [4.69, 9.17) is 9.47 Å². The molecule has 1 atom stereocenters. The van der Waals surface area contributed by atoms with Crippen LogP contribution in [0.2, 0.25) is 0 Å². The van der Waals surface area contributed by atoms with Crippen LogP contribution in [-0.2, 0) is 11.2 Å². The number of ether oxygens (including phenoxy) is 2. The Morgan fingerprint density at radius 3 is 2.87 bits per heavy atom. The minimum atomic E-state index is 0. The van der Waals surface area contributed by atoms with Gasteiger partial charge in [0.25, 0.3) is 0 Å². The van der Waals surface area contributed by atoms with Crippen molar-refractivity contribution < 1.29 is 9.47 Å². The Kier molecular flexibility index (Phi) is 10.0. The Morgan fingerprint density at radius 2 is 2.17 bits per heavy atom. The maximum absolute atomic E-state index is 5.61. The summed E-state index contributed by atoms with van der Waals surface area (Å²) in [4.78, 5) is 4.61. The Balaban J connectivity index is 0.00000264. The number of benzene rings is 1. The molecule has 0 aromatic heterocycles. The molecule has 1 heterocycles. The fourth-order valence-electron chi connectivity index (χ4n) is 2.55. The smallest absolute Gasteiger partial charge is 0.191 e. The lowest BCUT2D eigenvalue weighted by molar-refractivity contribution is 0.117. The number of aliphatic imine (C=N–C) groups is 1. The maximum atomic E-state index is 5.61. The molecule has 1 unspecified atom stereocenters. The van der Waals surface area contributed by atoms with Crippen LogP contribution in [0.25, 0.3) is 0 Å². The number of nitrogens with zero attached hydrogens (tertiary/aromatic N) is 1. The predicted molar refractivity (Wildman–Crippen MR) is 105 cm³/mol. The standard InChI is InChI=1S/C17H27N3O2.HI/c1-3-18-17(20-13-15-8-6-12-22-15)19-11-10-14-7-4-5-9-16(14)21-2;/h4-5,7,9,15H,3,6,8,10-13H2,1-2H3,(H2,18,19,20);1H. The molecule has 1 fully saturated rings. The van der Waals surface area contributed by atoms with Crippen LogP contribution in [-0.4, -0.2) is 45.4 Å². The second-order valence-corrected chi connectivity index (χ2v) is 5.34. The van der Waals surface area contributed by atoms with E-state index in [1.807, 2.05) is 18.2 Å². The van der Waals surface area contributed by atoms with Crippen molar-refractivity contribution in [3.8, 4) is 5.75 Å². The SMILES string of the molecule is CCNC(=NCC1CCCO1)NCCc1ccccc1OC.I. The van der Waals surface area contributed by atoms with Crippen molar-refractivity contribution >= 4 is 29.9 Å². The third kappa shape index (κ3) is 6.95. The summed E-state index contributed by atoms with van der Waals surface area (Å²) in [5.74, 6) is 1.79. The summed E-state index contributed by atoms with van der Waals surface area (Å²) in [7, 11) is 1.71. The van der Waals surface area contributed by atoms with Crippen molar-refractivity contribution in [3.63, 3.8) is 0 Å². The van der Waals surface area contributed by atoms with Gasteiger partial charge in [0, 0.05) is 19.7 Å². The van der Waals surface area contributed by atoms with Gasteiger partial charge in [-0.2, -0.15) is 0 Å². The van der Waals surface area contributed by atoms with Crippen LogP contribution in [0, 0.1) is 0 Å². The van der Waals surface area contributed by atoms with Crippen molar-refractivity contribution in [2.75, 3.05) is 33.4 Å². The van der Waals surface area contributed by atoms with E-state index in [1.54, 1.807) is 7.11 Å². The van der Waals surface area contributed by atoms with Crippen LogP contribution in [0.3, 0.4) is 0 Å². The Morgan fingerprint density at radius 1 is 1.35 bits per heavy atom. The Bertz CT molecular complexity index is 477. The lowest BCUT2D eigenvalue weighted by Gasteiger charge is -2.13. The molecule has 1 aromatic carbocycles. The number of rotatable bonds is 7. The average Bonchev–Trinajstić information content (AvgIpc) is 3.06. The molecule has 130 valence electrons. The Labute approximate surface area is 156 Å². The van der Waals surface area contributed by atoms with Crippen molar-refractivity contribution in [1.29, 1.82) is 0 Å². The first-order valence-corrected chi connectivity index (χ1v) is 8.09. The van der Waals surface area contributed by atoms with E-state index >= 15 is 0 Å². The van der Waals surface area contributed by atoms with Crippen molar-refractivity contribution in [2.45, 2.75) is 32.3 Å². The minimum Gasteiger partial charge on any atom is -0.496 e. The van der Waals surface area contributed by atoms with Crippen molar-refractivity contribution in [3.05, 3.63) is 29.8 Å². The van der Waals surface area contributed by atoms with E-state index in [0.29, 0.717) is 0 Å². The van der Waals surface area contributed by atoms with Crippen LogP contribution in [0.5, 0.6) is 5.75 Å². The van der Waals surface area contributed by atoms with Gasteiger partial charge in [-0.3, -0.25) is 4.99 Å².